The van der Waals surface area contributed by atoms with E-state index in [2.05, 4.69) is 46.7 Å². The monoisotopic (exact) mass is 1200 g/mol. The predicted octanol–water partition coefficient (Wildman–Crippen LogP) is 9.20. The van der Waals surface area contributed by atoms with Crippen LogP contribution in [0.25, 0.3) is 37.7 Å². The fourth-order valence-corrected chi connectivity index (χ4v) is 12.3. The van der Waals surface area contributed by atoms with Crippen molar-refractivity contribution in [1.82, 2.24) is 14.4 Å². The third-order valence-corrected chi connectivity index (χ3v) is 17.1. The molecule has 0 atom stereocenters. The first-order valence-electron chi connectivity index (χ1n) is 22.6. The van der Waals surface area contributed by atoms with E-state index in [0.717, 1.165) is 30.0 Å². The van der Waals surface area contributed by atoms with E-state index in [1.165, 1.54) is 35.8 Å². The van der Waals surface area contributed by atoms with Gasteiger partial charge in [0.1, 0.15) is 39.2 Å². The van der Waals surface area contributed by atoms with Crippen LogP contribution in [0.2, 0.25) is 0 Å². The molecule has 8 rings (SSSR count). The largest absolute Gasteiger partial charge is 0.497 e. The molecule has 0 unspecified atom stereocenters. The van der Waals surface area contributed by atoms with Gasteiger partial charge in [-0.25, -0.2) is 9.97 Å². The number of aromatic hydroxyl groups is 1. The Morgan fingerprint density at radius 2 is 1.42 bits per heavy atom. The third kappa shape index (κ3) is 13.0. The molecule has 0 spiro atoms. The molecule has 3 aromatic heterocycles. The zero-order valence-electron chi connectivity index (χ0n) is 41.1. The number of aryl methyl sites for hydroxylation is 1. The summed E-state index contributed by atoms with van der Waals surface area (Å²) in [7, 11) is -17.1. The van der Waals surface area contributed by atoms with Crippen LogP contribution in [0, 0.1) is 25.2 Å². The molecule has 0 fully saturated rings. The molecule has 0 saturated heterocycles. The van der Waals surface area contributed by atoms with Crippen molar-refractivity contribution in [2.75, 3.05) is 31.0 Å². The van der Waals surface area contributed by atoms with Crippen LogP contribution in [0.15, 0.2) is 106 Å². The van der Waals surface area contributed by atoms with Crippen molar-refractivity contribution in [2.45, 2.75) is 54.6 Å². The highest BCUT2D eigenvalue weighted by molar-refractivity contribution is 7.99. The summed E-state index contributed by atoms with van der Waals surface area (Å²) in [6.45, 7) is 1.42. The van der Waals surface area contributed by atoms with E-state index in [1.54, 1.807) is 32.0 Å². The first-order chi connectivity index (χ1) is 37.2. The summed E-state index contributed by atoms with van der Waals surface area (Å²) in [6, 6.07) is 15.6. The highest BCUT2D eigenvalue weighted by Crippen LogP contribution is 2.45. The van der Waals surface area contributed by atoms with Gasteiger partial charge < -0.3 is 24.8 Å². The number of imidazole rings is 1. The molecule has 7 N–H and O–H groups in total. The number of benzene rings is 5. The zero-order valence-corrected chi connectivity index (χ0v) is 46.0. The molecule has 0 aliphatic carbocycles. The Morgan fingerprint density at radius 3 is 2.08 bits per heavy atom. The molecule has 33 heteroatoms. The van der Waals surface area contributed by atoms with Crippen molar-refractivity contribution in [3.8, 4) is 23.4 Å². The highest BCUT2D eigenvalue weighted by Gasteiger charge is 2.25. The Kier molecular flexibility index (Phi) is 16.8. The number of thioether (sulfide) groups is 1. The minimum atomic E-state index is -5.01. The SMILES string of the molecule is COc1ccc2c(c1)nc1c(C#N)c(C)c(N=Nc3cc(C)c(N=Nc4cc(CO)c(N=Nc5nc6c(S(=O)(=O)O)cc7c(CO)cc(S(=O)(=O)O)cc7c6s5)cc4SCCCS(=O)(=O)O)cc3OCCCS(=O)(=O)O)c(O)n12. The average Bonchev–Trinajstić information content (AvgIpc) is 4.17. The molecule has 3 heterocycles. The van der Waals surface area contributed by atoms with Crippen LogP contribution in [0.3, 0.4) is 0 Å². The molecular weight excluding hydrogens is 1160 g/mol. The van der Waals surface area contributed by atoms with Crippen LogP contribution in [-0.2, 0) is 53.7 Å². The Morgan fingerprint density at radius 1 is 0.734 bits per heavy atom. The van der Waals surface area contributed by atoms with Gasteiger partial charge in [-0.1, -0.05) is 11.3 Å². The Hall–Kier alpha value is -7.20. The number of pyridine rings is 1. The van der Waals surface area contributed by atoms with Gasteiger partial charge in [-0.05, 0) is 97.5 Å². The number of nitriles is 1. The first-order valence-corrected chi connectivity index (χ1v) is 30.5. The standard InChI is InChI=1S/C46H42N10O17S6/c1-23-12-35(52-54-41-24(2)31(20-47)44-48-34-15-27(72-3)6-7-37(34)56(44)45(41)59)38(73-8-4-10-76(60,61)62)18-32(23)50-53-36-14-26(22-58)33(19-39(36)74-9-5-11-77(63,64)65)51-55-46-49-42-40(79(69,70)71)17-29-25(21-57)13-28(78(66,67)68)16-30(29)43(42)75-46/h6-7,12-19,57-59H,4-5,8-11,21-22H2,1-3H3,(H,60,61,62)(H,63,64,65)(H,66,67,68)(H,69,70,71). The number of hydrogen-bond acceptors (Lipinski definition) is 24. The Balaban J connectivity index is 1.19. The third-order valence-electron chi connectivity index (χ3n) is 11.7. The molecule has 0 aliphatic rings. The number of nitrogens with zero attached hydrogens (tertiary/aromatic N) is 10. The van der Waals surface area contributed by atoms with Gasteiger partial charge in [-0.2, -0.15) is 44.0 Å². The van der Waals surface area contributed by atoms with E-state index in [1.807, 2.05) is 0 Å². The normalized spacial score (nSPS) is 12.9. The lowest BCUT2D eigenvalue weighted by molar-refractivity contribution is 0.282. The summed E-state index contributed by atoms with van der Waals surface area (Å²) in [4.78, 5) is 7.70. The van der Waals surface area contributed by atoms with Crippen LogP contribution < -0.4 is 9.47 Å². The number of thiazole rings is 1. The molecule has 0 amide bonds. The molecule has 8 aromatic rings. The number of azo groups is 3. The zero-order chi connectivity index (χ0) is 57.4. The Labute approximate surface area is 456 Å². The number of methoxy groups -OCH3 is 1. The summed E-state index contributed by atoms with van der Waals surface area (Å²) < 4.78 is 147. The Bertz CT molecular complexity index is 4410. The van der Waals surface area contributed by atoms with E-state index < -0.39 is 80.9 Å². The van der Waals surface area contributed by atoms with Crippen LogP contribution in [0.5, 0.6) is 17.4 Å². The molecule has 414 valence electrons. The second kappa shape index (κ2) is 22.9. The van der Waals surface area contributed by atoms with Crippen molar-refractivity contribution in [1.29, 1.82) is 5.26 Å². The smallest absolute Gasteiger partial charge is 0.296 e. The van der Waals surface area contributed by atoms with Crippen molar-refractivity contribution < 1.29 is 76.7 Å². The minimum absolute atomic E-state index is 0.00430. The van der Waals surface area contributed by atoms with Gasteiger partial charge in [0.25, 0.3) is 40.5 Å². The van der Waals surface area contributed by atoms with Crippen molar-refractivity contribution in [3.63, 3.8) is 0 Å². The highest BCUT2D eigenvalue weighted by atomic mass is 32.2. The van der Waals surface area contributed by atoms with Crippen molar-refractivity contribution >= 4 is 135 Å². The maximum atomic E-state index is 12.6. The van der Waals surface area contributed by atoms with Crippen molar-refractivity contribution in [2.24, 2.45) is 30.7 Å². The molecule has 5 aromatic carbocycles. The predicted molar refractivity (Wildman–Crippen MR) is 287 cm³/mol. The molecular formula is C46H42N10O17S6. The first kappa shape index (κ1) is 58.0. The summed E-state index contributed by atoms with van der Waals surface area (Å²) in [5, 5.41) is 68.2. The molecule has 0 bridgehead atoms. The average molecular weight is 1200 g/mol. The van der Waals surface area contributed by atoms with Crippen LogP contribution >= 0.6 is 23.1 Å². The van der Waals surface area contributed by atoms with E-state index in [9.17, 15) is 72.5 Å². The van der Waals surface area contributed by atoms with Crippen LogP contribution in [-0.4, -0.2) is 113 Å². The van der Waals surface area contributed by atoms with E-state index in [0.29, 0.717) is 33.7 Å². The minimum Gasteiger partial charge on any atom is -0.497 e. The quantitative estimate of drug-likeness (QED) is 0.0152. The number of fused-ring (bicyclic) bond motifs is 6. The van der Waals surface area contributed by atoms with Gasteiger partial charge in [-0.3, -0.25) is 22.6 Å². The van der Waals surface area contributed by atoms with Gasteiger partial charge >= 0.3 is 0 Å². The maximum absolute atomic E-state index is 12.6. The van der Waals surface area contributed by atoms with Crippen LogP contribution in [0.4, 0.5) is 33.6 Å². The van der Waals surface area contributed by atoms with E-state index in [4.69, 9.17) is 9.47 Å². The molecule has 27 nitrogen and oxygen atoms in total. The van der Waals surface area contributed by atoms with Gasteiger partial charge in [0.2, 0.25) is 11.0 Å². The van der Waals surface area contributed by atoms with Gasteiger partial charge in [-0.15, -0.1) is 37.3 Å². The summed E-state index contributed by atoms with van der Waals surface area (Å²) in [5.74, 6) is -1.11. The molecule has 0 radical (unpaired) electrons. The lowest BCUT2D eigenvalue weighted by Crippen LogP contribution is -2.08. The summed E-state index contributed by atoms with van der Waals surface area (Å²) in [5.41, 5.74) is 1.52. The maximum Gasteiger partial charge on any atom is 0.296 e. The molecule has 79 heavy (non-hydrogen) atoms. The van der Waals surface area contributed by atoms with E-state index >= 15 is 0 Å². The lowest BCUT2D eigenvalue weighted by Gasteiger charge is -2.12. The number of hydrogen-bond donors (Lipinski definition) is 7. The number of ether oxygens (including phenoxy) is 2. The fourth-order valence-electron chi connectivity index (χ4n) is 7.94. The van der Waals surface area contributed by atoms with Crippen LogP contribution in [0.1, 0.15) is 40.7 Å². The van der Waals surface area contributed by atoms with Gasteiger partial charge in [0, 0.05) is 33.5 Å². The number of rotatable bonds is 21. The second-order valence-corrected chi connectivity index (χ2v) is 25.1. The van der Waals surface area contributed by atoms with E-state index in [-0.39, 0.29) is 118 Å². The topological polar surface area (TPSA) is 425 Å². The van der Waals surface area contributed by atoms with Gasteiger partial charge in [0.05, 0.1) is 76.1 Å². The number of aliphatic hydroxyl groups excluding tert-OH is 2. The summed E-state index contributed by atoms with van der Waals surface area (Å²) >= 11 is 1.75. The molecule has 0 aliphatic heterocycles. The second-order valence-electron chi connectivity index (χ2n) is 17.0. The molecule has 0 saturated carbocycles. The fraction of sp³-hybridized carbons (Fsp3) is 0.239. The van der Waals surface area contributed by atoms with Gasteiger partial charge in [0.15, 0.2) is 11.3 Å². The summed E-state index contributed by atoms with van der Waals surface area (Å²) in [6.07, 6.45) is -0.215. The number of aliphatic hydroxyl groups is 2. The lowest BCUT2D eigenvalue weighted by atomic mass is 10.0. The van der Waals surface area contributed by atoms with Crippen molar-refractivity contribution in [3.05, 3.63) is 88.5 Å². The number of aromatic nitrogens is 3.